The van der Waals surface area contributed by atoms with Crippen LogP contribution in [0.5, 0.6) is 5.75 Å². The van der Waals surface area contributed by atoms with Crippen LogP contribution in [-0.2, 0) is 13.0 Å². The molecule has 0 saturated heterocycles. The molecule has 0 unspecified atom stereocenters. The number of carbonyl (C=O) groups is 1. The molecule has 0 heterocycles. The van der Waals surface area contributed by atoms with Gasteiger partial charge in [-0.2, -0.15) is 0 Å². The van der Waals surface area contributed by atoms with Crippen molar-refractivity contribution in [1.82, 2.24) is 0 Å². The van der Waals surface area contributed by atoms with E-state index in [1.165, 1.54) is 12.1 Å². The minimum atomic E-state index is -0.238. The van der Waals surface area contributed by atoms with E-state index in [0.717, 1.165) is 34.4 Å². The molecular weight excluding hydrogens is 255 g/mol. The third-order valence-corrected chi connectivity index (χ3v) is 3.72. The molecule has 3 heteroatoms. The summed E-state index contributed by atoms with van der Waals surface area (Å²) >= 11 is 0. The van der Waals surface area contributed by atoms with Gasteiger partial charge in [-0.25, -0.2) is 4.39 Å². The van der Waals surface area contributed by atoms with Gasteiger partial charge in [-0.15, -0.1) is 0 Å². The molecule has 0 aromatic heterocycles. The summed E-state index contributed by atoms with van der Waals surface area (Å²) in [5.41, 5.74) is 3.59. The van der Waals surface area contributed by atoms with Crippen LogP contribution in [0, 0.1) is 12.7 Å². The first-order valence-electron chi connectivity index (χ1n) is 6.68. The van der Waals surface area contributed by atoms with E-state index in [2.05, 4.69) is 0 Å². The summed E-state index contributed by atoms with van der Waals surface area (Å²) < 4.78 is 18.9. The molecule has 2 aromatic carbocycles. The first-order chi connectivity index (χ1) is 9.65. The topological polar surface area (TPSA) is 26.3 Å². The van der Waals surface area contributed by atoms with E-state index < -0.39 is 0 Å². The zero-order valence-electron chi connectivity index (χ0n) is 11.3. The number of fused-ring (bicyclic) bond motifs is 1. The van der Waals surface area contributed by atoms with E-state index in [0.29, 0.717) is 13.0 Å². The van der Waals surface area contributed by atoms with Gasteiger partial charge in [0.15, 0.2) is 5.78 Å². The van der Waals surface area contributed by atoms with Crippen molar-refractivity contribution < 1.29 is 13.9 Å². The lowest BCUT2D eigenvalue weighted by molar-refractivity contribution is 0.0994. The molecule has 0 bridgehead atoms. The van der Waals surface area contributed by atoms with Crippen LogP contribution in [0.1, 0.15) is 33.5 Å². The first kappa shape index (κ1) is 12.9. The largest absolute Gasteiger partial charge is 0.489 e. The van der Waals surface area contributed by atoms with Gasteiger partial charge in [-0.3, -0.25) is 4.79 Å². The fourth-order valence-electron chi connectivity index (χ4n) is 2.57. The number of halogens is 1. The van der Waals surface area contributed by atoms with Crippen molar-refractivity contribution in [2.75, 3.05) is 0 Å². The zero-order chi connectivity index (χ0) is 14.1. The van der Waals surface area contributed by atoms with Crippen LogP contribution in [0.2, 0.25) is 0 Å². The van der Waals surface area contributed by atoms with E-state index in [-0.39, 0.29) is 11.6 Å². The van der Waals surface area contributed by atoms with Crippen LogP contribution in [0.25, 0.3) is 0 Å². The highest BCUT2D eigenvalue weighted by atomic mass is 19.1. The molecule has 1 aliphatic carbocycles. The molecule has 2 aromatic rings. The van der Waals surface area contributed by atoms with Gasteiger partial charge in [0.05, 0.1) is 0 Å². The molecular formula is C17H15FO2. The molecule has 3 rings (SSSR count). The molecule has 0 fully saturated rings. The lowest BCUT2D eigenvalue weighted by Crippen LogP contribution is -2.01. The second-order valence-electron chi connectivity index (χ2n) is 5.06. The summed E-state index contributed by atoms with van der Waals surface area (Å²) in [5, 5.41) is 0. The van der Waals surface area contributed by atoms with Crippen LogP contribution < -0.4 is 4.74 Å². The number of hydrogen-bond acceptors (Lipinski definition) is 2. The molecule has 0 saturated carbocycles. The van der Waals surface area contributed by atoms with Crippen molar-refractivity contribution in [3.8, 4) is 5.75 Å². The third kappa shape index (κ3) is 2.31. The maximum atomic E-state index is 13.1. The van der Waals surface area contributed by atoms with Crippen LogP contribution in [0.3, 0.4) is 0 Å². The van der Waals surface area contributed by atoms with Gasteiger partial charge in [-0.05, 0) is 42.7 Å². The fourth-order valence-corrected chi connectivity index (χ4v) is 2.57. The van der Waals surface area contributed by atoms with Crippen molar-refractivity contribution in [2.45, 2.75) is 26.4 Å². The minimum absolute atomic E-state index is 0.184. The van der Waals surface area contributed by atoms with Gasteiger partial charge in [0, 0.05) is 17.5 Å². The number of ketones is 1. The van der Waals surface area contributed by atoms with E-state index in [9.17, 15) is 9.18 Å². The lowest BCUT2D eigenvalue weighted by atomic mass is 10.1. The van der Waals surface area contributed by atoms with Gasteiger partial charge in [0.25, 0.3) is 0 Å². The van der Waals surface area contributed by atoms with Gasteiger partial charge in [-0.1, -0.05) is 18.2 Å². The molecule has 102 valence electrons. The Morgan fingerprint density at radius 2 is 2.05 bits per heavy atom. The summed E-state index contributed by atoms with van der Waals surface area (Å²) in [6.07, 6.45) is 1.30. The van der Waals surface area contributed by atoms with Crippen LogP contribution in [0.4, 0.5) is 4.39 Å². The van der Waals surface area contributed by atoms with Crippen LogP contribution in [-0.4, -0.2) is 5.78 Å². The molecule has 20 heavy (non-hydrogen) atoms. The minimum Gasteiger partial charge on any atom is -0.489 e. The number of aryl methyl sites for hydroxylation is 1. The van der Waals surface area contributed by atoms with Gasteiger partial charge in [0.1, 0.15) is 18.2 Å². The lowest BCUT2D eigenvalue weighted by Gasteiger charge is -2.12. The Bertz CT molecular complexity index is 677. The molecule has 0 spiro atoms. The van der Waals surface area contributed by atoms with Gasteiger partial charge in [0.2, 0.25) is 0 Å². The van der Waals surface area contributed by atoms with E-state index in [4.69, 9.17) is 4.74 Å². The van der Waals surface area contributed by atoms with Crippen molar-refractivity contribution in [1.29, 1.82) is 0 Å². The van der Waals surface area contributed by atoms with E-state index in [1.807, 2.05) is 25.1 Å². The zero-order valence-corrected chi connectivity index (χ0v) is 11.3. The number of carbonyl (C=O) groups excluding carboxylic acids is 1. The quantitative estimate of drug-likeness (QED) is 0.847. The molecule has 0 N–H and O–H groups in total. The summed E-state index contributed by atoms with van der Waals surface area (Å²) in [6.45, 7) is 2.25. The smallest absolute Gasteiger partial charge is 0.163 e. The normalized spacial score (nSPS) is 13.4. The monoisotopic (exact) mass is 270 g/mol. The standard InChI is InChI=1S/C17H15FO2/c1-11-9-13(18)6-5-12(11)10-20-17-4-2-3-14-15(17)7-8-16(14)19/h2-6,9H,7-8,10H2,1H3. The fraction of sp³-hybridized carbons (Fsp3) is 0.235. The van der Waals surface area contributed by atoms with Crippen molar-refractivity contribution in [3.63, 3.8) is 0 Å². The maximum Gasteiger partial charge on any atom is 0.163 e. The average molecular weight is 270 g/mol. The molecule has 0 amide bonds. The highest BCUT2D eigenvalue weighted by molar-refractivity contribution is 6.01. The Kier molecular flexibility index (Phi) is 3.26. The molecule has 2 nitrogen and oxygen atoms in total. The second kappa shape index (κ2) is 5.08. The Morgan fingerprint density at radius 3 is 2.85 bits per heavy atom. The third-order valence-electron chi connectivity index (χ3n) is 3.72. The Balaban J connectivity index is 1.81. The number of benzene rings is 2. The maximum absolute atomic E-state index is 13.1. The van der Waals surface area contributed by atoms with E-state index >= 15 is 0 Å². The van der Waals surface area contributed by atoms with Crippen molar-refractivity contribution in [3.05, 3.63) is 64.5 Å². The Morgan fingerprint density at radius 1 is 1.20 bits per heavy atom. The SMILES string of the molecule is Cc1cc(F)ccc1COc1cccc2c1CCC2=O. The number of rotatable bonds is 3. The summed E-state index contributed by atoms with van der Waals surface area (Å²) in [6, 6.07) is 10.2. The first-order valence-corrected chi connectivity index (χ1v) is 6.68. The van der Waals surface area contributed by atoms with Crippen LogP contribution >= 0.6 is 0 Å². The van der Waals surface area contributed by atoms with Gasteiger partial charge < -0.3 is 4.74 Å². The second-order valence-corrected chi connectivity index (χ2v) is 5.06. The molecule has 1 aliphatic rings. The number of Topliss-reactive ketones (excluding diaryl/α,β-unsaturated/α-hetero) is 1. The van der Waals surface area contributed by atoms with Crippen molar-refractivity contribution in [2.24, 2.45) is 0 Å². The van der Waals surface area contributed by atoms with Gasteiger partial charge >= 0.3 is 0 Å². The predicted molar refractivity (Wildman–Crippen MR) is 74.6 cm³/mol. The molecule has 0 radical (unpaired) electrons. The highest BCUT2D eigenvalue weighted by Gasteiger charge is 2.22. The molecule has 0 atom stereocenters. The molecule has 0 aliphatic heterocycles. The summed E-state index contributed by atoms with van der Waals surface area (Å²) in [5.74, 6) is 0.706. The predicted octanol–water partition coefficient (Wildman–Crippen LogP) is 3.84. The van der Waals surface area contributed by atoms with Crippen molar-refractivity contribution >= 4 is 5.78 Å². The summed E-state index contributed by atoms with van der Waals surface area (Å²) in [7, 11) is 0. The highest BCUT2D eigenvalue weighted by Crippen LogP contribution is 2.31. The van der Waals surface area contributed by atoms with Crippen LogP contribution in [0.15, 0.2) is 36.4 Å². The van der Waals surface area contributed by atoms with E-state index in [1.54, 1.807) is 6.07 Å². The summed E-state index contributed by atoms with van der Waals surface area (Å²) in [4.78, 5) is 11.7. The number of ether oxygens (including phenoxy) is 1. The average Bonchev–Trinajstić information content (AvgIpc) is 2.80. The Hall–Kier alpha value is -2.16. The Labute approximate surface area is 117 Å². The number of hydrogen-bond donors (Lipinski definition) is 0.